The van der Waals surface area contributed by atoms with E-state index in [-0.39, 0.29) is 13.1 Å². The molecule has 120 valence electrons. The first-order chi connectivity index (χ1) is 9.79. The lowest BCUT2D eigenvalue weighted by Gasteiger charge is -2.23. The molecule has 1 aromatic carbocycles. The van der Waals surface area contributed by atoms with Gasteiger partial charge in [-0.3, -0.25) is 0 Å². The maximum atomic E-state index is 12.7. The molecule has 0 aliphatic rings. The predicted molar refractivity (Wildman–Crippen MR) is 76.0 cm³/mol. The molecule has 0 aliphatic carbocycles. The van der Waals surface area contributed by atoms with Gasteiger partial charge in [0.2, 0.25) is 0 Å². The number of halogens is 3. The van der Waals surface area contributed by atoms with Crippen molar-refractivity contribution >= 4 is 10.0 Å². The number of benzene rings is 1. The lowest BCUT2D eigenvalue weighted by Crippen LogP contribution is -2.40. The number of alkyl halides is 3. The maximum absolute atomic E-state index is 12.7. The average molecular weight is 323 g/mol. The van der Waals surface area contributed by atoms with Gasteiger partial charge in [-0.1, -0.05) is 56.5 Å². The molecule has 0 amide bonds. The van der Waals surface area contributed by atoms with E-state index < -0.39 is 15.5 Å². The zero-order valence-corrected chi connectivity index (χ0v) is 12.8. The van der Waals surface area contributed by atoms with Crippen molar-refractivity contribution in [1.29, 1.82) is 0 Å². The molecule has 0 radical (unpaired) electrons. The Morgan fingerprint density at radius 2 is 1.67 bits per heavy atom. The highest BCUT2D eigenvalue weighted by Crippen LogP contribution is 2.28. The van der Waals surface area contributed by atoms with E-state index >= 15 is 0 Å². The minimum Gasteiger partial charge on any atom is -0.203 e. The molecule has 0 N–H and O–H groups in total. The molecule has 0 saturated carbocycles. The second-order valence-electron chi connectivity index (χ2n) is 4.83. The molecule has 3 nitrogen and oxygen atoms in total. The van der Waals surface area contributed by atoms with E-state index in [1.165, 1.54) is 0 Å². The number of hydrogen-bond acceptors (Lipinski definition) is 2. The largest absolute Gasteiger partial charge is 0.511 e. The van der Waals surface area contributed by atoms with Crippen LogP contribution in [0.2, 0.25) is 0 Å². The molecule has 1 rings (SSSR count). The molecule has 0 saturated heterocycles. The summed E-state index contributed by atoms with van der Waals surface area (Å²) in [6.07, 6.45) is 2.96. The van der Waals surface area contributed by atoms with Crippen LogP contribution in [0.1, 0.15) is 38.2 Å². The standard InChI is InChI=1S/C14H20F3NO2S/c1-2-3-4-8-11-18(21(19,20)14(15,16)17)12-13-9-6-5-7-10-13/h5-7,9-10H,2-4,8,11-12H2,1H3. The number of nitrogens with zero attached hydrogens (tertiary/aromatic N) is 1. The van der Waals surface area contributed by atoms with E-state index in [1.807, 2.05) is 6.92 Å². The molecule has 0 fully saturated rings. The van der Waals surface area contributed by atoms with Gasteiger partial charge < -0.3 is 0 Å². The molecular formula is C14H20F3NO2S. The summed E-state index contributed by atoms with van der Waals surface area (Å²) in [6, 6.07) is 8.30. The van der Waals surface area contributed by atoms with Crippen LogP contribution in [0.4, 0.5) is 13.2 Å². The second kappa shape index (κ2) is 7.79. The third-order valence-corrected chi connectivity index (χ3v) is 4.67. The summed E-state index contributed by atoms with van der Waals surface area (Å²) < 4.78 is 62.0. The van der Waals surface area contributed by atoms with Gasteiger partial charge in [0, 0.05) is 13.1 Å². The summed E-state index contributed by atoms with van der Waals surface area (Å²) in [5, 5.41) is 0. The van der Waals surface area contributed by atoms with E-state index in [0.717, 1.165) is 19.3 Å². The van der Waals surface area contributed by atoms with Crippen LogP contribution in [-0.4, -0.2) is 24.8 Å². The SMILES string of the molecule is CCCCCCN(Cc1ccccc1)S(=O)(=O)C(F)(F)F. The van der Waals surface area contributed by atoms with Crippen LogP contribution in [-0.2, 0) is 16.6 Å². The molecule has 0 aromatic heterocycles. The highest BCUT2D eigenvalue weighted by molar-refractivity contribution is 7.89. The lowest BCUT2D eigenvalue weighted by atomic mass is 10.2. The van der Waals surface area contributed by atoms with Crippen molar-refractivity contribution in [2.75, 3.05) is 6.54 Å². The normalized spacial score (nSPS) is 12.8. The molecule has 7 heteroatoms. The smallest absolute Gasteiger partial charge is 0.203 e. The van der Waals surface area contributed by atoms with Crippen LogP contribution in [0, 0.1) is 0 Å². The topological polar surface area (TPSA) is 37.4 Å². The van der Waals surface area contributed by atoms with Crippen LogP contribution in [0.3, 0.4) is 0 Å². The fourth-order valence-corrected chi connectivity index (χ4v) is 2.91. The summed E-state index contributed by atoms with van der Waals surface area (Å²) in [6.45, 7) is 1.61. The van der Waals surface area contributed by atoms with Gasteiger partial charge in [-0.05, 0) is 12.0 Å². The Bertz CT molecular complexity index is 515. The Kier molecular flexibility index (Phi) is 6.67. The van der Waals surface area contributed by atoms with E-state index in [4.69, 9.17) is 0 Å². The Morgan fingerprint density at radius 3 is 2.19 bits per heavy atom. The molecule has 0 heterocycles. The van der Waals surface area contributed by atoms with Crippen LogP contribution in [0.15, 0.2) is 30.3 Å². The third-order valence-electron chi connectivity index (χ3n) is 3.10. The molecule has 0 bridgehead atoms. The third kappa shape index (κ3) is 5.32. The molecule has 0 unspecified atom stereocenters. The van der Waals surface area contributed by atoms with Gasteiger partial charge in [-0.15, -0.1) is 0 Å². The number of unbranched alkanes of at least 4 members (excludes halogenated alkanes) is 3. The van der Waals surface area contributed by atoms with Gasteiger partial charge in [-0.25, -0.2) is 8.42 Å². The molecular weight excluding hydrogens is 303 g/mol. The first-order valence-corrected chi connectivity index (χ1v) is 8.33. The fraction of sp³-hybridized carbons (Fsp3) is 0.571. The zero-order valence-electron chi connectivity index (χ0n) is 11.9. The van der Waals surface area contributed by atoms with E-state index in [0.29, 0.717) is 16.3 Å². The van der Waals surface area contributed by atoms with Gasteiger partial charge >= 0.3 is 15.5 Å². The van der Waals surface area contributed by atoms with Crippen molar-refractivity contribution in [3.63, 3.8) is 0 Å². The summed E-state index contributed by atoms with van der Waals surface area (Å²) in [5.74, 6) is 0. The highest BCUT2D eigenvalue weighted by Gasteiger charge is 2.49. The van der Waals surface area contributed by atoms with Crippen molar-refractivity contribution in [2.24, 2.45) is 0 Å². The van der Waals surface area contributed by atoms with Crippen molar-refractivity contribution < 1.29 is 21.6 Å². The van der Waals surface area contributed by atoms with Gasteiger partial charge in [0.25, 0.3) is 0 Å². The van der Waals surface area contributed by atoms with Crippen molar-refractivity contribution in [3.8, 4) is 0 Å². The monoisotopic (exact) mass is 323 g/mol. The summed E-state index contributed by atoms with van der Waals surface area (Å²) in [4.78, 5) is 0. The van der Waals surface area contributed by atoms with Crippen molar-refractivity contribution in [3.05, 3.63) is 35.9 Å². The van der Waals surface area contributed by atoms with E-state index in [9.17, 15) is 21.6 Å². The minimum atomic E-state index is -5.29. The summed E-state index contributed by atoms with van der Waals surface area (Å²) in [5.41, 5.74) is -4.71. The zero-order chi connectivity index (χ0) is 15.9. The van der Waals surface area contributed by atoms with Crippen molar-refractivity contribution in [2.45, 2.75) is 44.7 Å². The Hall–Kier alpha value is -1.08. The maximum Gasteiger partial charge on any atom is 0.511 e. The fourth-order valence-electron chi connectivity index (χ4n) is 1.93. The Labute approximate surface area is 123 Å². The molecule has 0 atom stereocenters. The summed E-state index contributed by atoms with van der Waals surface area (Å²) in [7, 11) is -5.29. The van der Waals surface area contributed by atoms with Crippen molar-refractivity contribution in [1.82, 2.24) is 4.31 Å². The van der Waals surface area contributed by atoms with Crippen LogP contribution in [0.25, 0.3) is 0 Å². The van der Waals surface area contributed by atoms with Crippen LogP contribution < -0.4 is 0 Å². The number of rotatable bonds is 8. The minimum absolute atomic E-state index is 0.114. The Morgan fingerprint density at radius 1 is 1.05 bits per heavy atom. The molecule has 1 aromatic rings. The van der Waals surface area contributed by atoms with Gasteiger partial charge in [0.1, 0.15) is 0 Å². The predicted octanol–water partition coefficient (Wildman–Crippen LogP) is 3.92. The molecule has 0 aliphatic heterocycles. The van der Waals surface area contributed by atoms with Crippen LogP contribution in [0.5, 0.6) is 0 Å². The molecule has 21 heavy (non-hydrogen) atoms. The molecule has 0 spiro atoms. The first-order valence-electron chi connectivity index (χ1n) is 6.89. The second-order valence-corrected chi connectivity index (χ2v) is 6.76. The quantitative estimate of drug-likeness (QED) is 0.680. The number of hydrogen-bond donors (Lipinski definition) is 0. The summed E-state index contributed by atoms with van der Waals surface area (Å²) >= 11 is 0. The highest BCUT2D eigenvalue weighted by atomic mass is 32.2. The number of sulfonamides is 1. The van der Waals surface area contributed by atoms with Gasteiger partial charge in [0.05, 0.1) is 0 Å². The Balaban J connectivity index is 2.85. The van der Waals surface area contributed by atoms with E-state index in [2.05, 4.69) is 0 Å². The lowest BCUT2D eigenvalue weighted by molar-refractivity contribution is -0.0491. The average Bonchev–Trinajstić information content (AvgIpc) is 2.42. The van der Waals surface area contributed by atoms with Gasteiger partial charge in [-0.2, -0.15) is 17.5 Å². The van der Waals surface area contributed by atoms with E-state index in [1.54, 1.807) is 30.3 Å². The van der Waals surface area contributed by atoms with Gasteiger partial charge in [0.15, 0.2) is 0 Å². The first kappa shape index (κ1) is 18.0. The van der Waals surface area contributed by atoms with Crippen LogP contribution >= 0.6 is 0 Å².